The second kappa shape index (κ2) is 5.51. The predicted molar refractivity (Wildman–Crippen MR) is 78.9 cm³/mol. The van der Waals surface area contributed by atoms with E-state index >= 15 is 0 Å². The number of rotatable bonds is 4. The number of nitrogens with zero attached hydrogens (tertiary/aromatic N) is 1. The van der Waals surface area contributed by atoms with Gasteiger partial charge in [-0.2, -0.15) is 0 Å². The molecule has 2 heterocycles. The molecule has 3 rings (SSSR count). The highest BCUT2D eigenvalue weighted by molar-refractivity contribution is 7.89. The summed E-state index contributed by atoms with van der Waals surface area (Å²) < 4.78 is 32.9. The standard InChI is InChI=1S/C14H19N3O4S/c1-21-10-7-11(9-15-8-10)22(19,20)17-12-3-4-13(18)16-14(12)5-2-6-14/h7-9,12,17H,2-6H2,1H3,(H,16,18). The molecule has 0 bridgehead atoms. The fraction of sp³-hybridized carbons (Fsp3) is 0.571. The summed E-state index contributed by atoms with van der Waals surface area (Å²) in [5.41, 5.74) is -0.422. The number of sulfonamides is 1. The third-order valence-electron chi connectivity index (χ3n) is 4.49. The molecule has 1 unspecified atom stereocenters. The average Bonchev–Trinajstić information content (AvgIpc) is 2.47. The Bertz CT molecular complexity index is 685. The fourth-order valence-electron chi connectivity index (χ4n) is 3.09. The summed E-state index contributed by atoms with van der Waals surface area (Å²) in [7, 11) is -2.24. The Hall–Kier alpha value is -1.67. The van der Waals surface area contributed by atoms with E-state index in [0.29, 0.717) is 18.6 Å². The van der Waals surface area contributed by atoms with Crippen molar-refractivity contribution in [1.29, 1.82) is 0 Å². The van der Waals surface area contributed by atoms with Gasteiger partial charge in [0, 0.05) is 24.7 Å². The van der Waals surface area contributed by atoms with Gasteiger partial charge in [0.05, 0.1) is 18.8 Å². The van der Waals surface area contributed by atoms with Crippen LogP contribution < -0.4 is 14.8 Å². The van der Waals surface area contributed by atoms with Crippen LogP contribution in [0.4, 0.5) is 0 Å². The topological polar surface area (TPSA) is 97.4 Å². The SMILES string of the molecule is COc1cncc(S(=O)(=O)NC2CCC(=O)NC23CCC3)c1. The minimum atomic E-state index is -3.70. The van der Waals surface area contributed by atoms with Crippen molar-refractivity contribution in [3.05, 3.63) is 18.5 Å². The van der Waals surface area contributed by atoms with Crippen LogP contribution in [-0.4, -0.2) is 38.0 Å². The van der Waals surface area contributed by atoms with Crippen LogP contribution in [0.2, 0.25) is 0 Å². The zero-order chi connectivity index (χ0) is 15.8. The van der Waals surface area contributed by atoms with Gasteiger partial charge in [-0.3, -0.25) is 9.78 Å². The first-order valence-electron chi connectivity index (χ1n) is 7.28. The molecule has 7 nitrogen and oxygen atoms in total. The van der Waals surface area contributed by atoms with E-state index in [2.05, 4.69) is 15.0 Å². The molecule has 1 spiro atoms. The highest BCUT2D eigenvalue weighted by atomic mass is 32.2. The highest BCUT2D eigenvalue weighted by Crippen LogP contribution is 2.39. The number of hydrogen-bond donors (Lipinski definition) is 2. The second-order valence-corrected chi connectivity index (χ2v) is 7.54. The third kappa shape index (κ3) is 2.68. The number of piperidine rings is 1. The smallest absolute Gasteiger partial charge is 0.242 e. The fourth-order valence-corrected chi connectivity index (χ4v) is 4.42. The minimum Gasteiger partial charge on any atom is -0.495 e. The van der Waals surface area contributed by atoms with Crippen molar-refractivity contribution in [2.24, 2.45) is 0 Å². The molecule has 22 heavy (non-hydrogen) atoms. The number of methoxy groups -OCH3 is 1. The van der Waals surface area contributed by atoms with Gasteiger partial charge in [-0.25, -0.2) is 13.1 Å². The summed E-state index contributed by atoms with van der Waals surface area (Å²) in [5, 5.41) is 2.97. The van der Waals surface area contributed by atoms with E-state index in [1.54, 1.807) is 0 Å². The molecule has 8 heteroatoms. The van der Waals surface area contributed by atoms with E-state index in [4.69, 9.17) is 4.74 Å². The molecule has 1 aliphatic heterocycles. The zero-order valence-electron chi connectivity index (χ0n) is 12.3. The van der Waals surface area contributed by atoms with Crippen LogP contribution in [0.5, 0.6) is 5.75 Å². The van der Waals surface area contributed by atoms with Crippen molar-refractivity contribution in [3.63, 3.8) is 0 Å². The van der Waals surface area contributed by atoms with Gasteiger partial charge in [-0.05, 0) is 25.7 Å². The average molecular weight is 325 g/mol. The molecular formula is C14H19N3O4S. The molecule has 1 saturated carbocycles. The summed E-state index contributed by atoms with van der Waals surface area (Å²) in [6.07, 6.45) is 6.21. The molecule has 1 amide bonds. The summed E-state index contributed by atoms with van der Waals surface area (Å²) in [6, 6.07) is 1.15. The van der Waals surface area contributed by atoms with Gasteiger partial charge < -0.3 is 10.1 Å². The first-order chi connectivity index (χ1) is 10.5. The number of pyridine rings is 1. The van der Waals surface area contributed by atoms with E-state index in [0.717, 1.165) is 19.3 Å². The molecule has 1 aliphatic carbocycles. The van der Waals surface area contributed by atoms with Crippen molar-refractivity contribution in [1.82, 2.24) is 15.0 Å². The Morgan fingerprint density at radius 2 is 2.18 bits per heavy atom. The van der Waals surface area contributed by atoms with Gasteiger partial charge in [0.1, 0.15) is 10.6 Å². The monoisotopic (exact) mass is 325 g/mol. The Kier molecular flexibility index (Phi) is 3.82. The maximum atomic E-state index is 12.6. The van der Waals surface area contributed by atoms with Gasteiger partial charge in [0.15, 0.2) is 0 Å². The number of amides is 1. The zero-order valence-corrected chi connectivity index (χ0v) is 13.1. The second-order valence-electron chi connectivity index (χ2n) is 5.83. The normalized spacial score (nSPS) is 23.7. The van der Waals surface area contributed by atoms with Crippen molar-refractivity contribution >= 4 is 15.9 Å². The van der Waals surface area contributed by atoms with Gasteiger partial charge in [0.25, 0.3) is 0 Å². The lowest BCUT2D eigenvalue weighted by molar-refractivity contribution is -0.127. The first-order valence-corrected chi connectivity index (χ1v) is 8.76. The predicted octanol–water partition coefficient (Wildman–Crippen LogP) is 0.570. The molecule has 2 N–H and O–H groups in total. The van der Waals surface area contributed by atoms with Gasteiger partial charge in [-0.1, -0.05) is 0 Å². The van der Waals surface area contributed by atoms with Crippen molar-refractivity contribution in [3.8, 4) is 5.75 Å². The Labute approximate surface area is 129 Å². The quantitative estimate of drug-likeness (QED) is 0.843. The summed E-state index contributed by atoms with van der Waals surface area (Å²) >= 11 is 0. The summed E-state index contributed by atoms with van der Waals surface area (Å²) in [6.45, 7) is 0. The molecule has 1 aromatic rings. The lowest BCUT2D eigenvalue weighted by Crippen LogP contribution is -2.68. The highest BCUT2D eigenvalue weighted by Gasteiger charge is 2.49. The molecule has 1 aromatic heterocycles. The number of nitrogens with one attached hydrogen (secondary N) is 2. The number of aromatic nitrogens is 1. The summed E-state index contributed by atoms with van der Waals surface area (Å²) in [5.74, 6) is 0.386. The largest absolute Gasteiger partial charge is 0.495 e. The van der Waals surface area contributed by atoms with Gasteiger partial charge in [0.2, 0.25) is 15.9 Å². The first kappa shape index (κ1) is 15.2. The van der Waals surface area contributed by atoms with E-state index in [-0.39, 0.29) is 16.8 Å². The molecule has 1 atom stereocenters. The van der Waals surface area contributed by atoms with E-state index in [1.165, 1.54) is 25.6 Å². The molecule has 0 aromatic carbocycles. The van der Waals surface area contributed by atoms with Crippen LogP contribution in [0, 0.1) is 0 Å². The maximum Gasteiger partial charge on any atom is 0.242 e. The number of ether oxygens (including phenoxy) is 1. The molecule has 120 valence electrons. The molecule has 0 radical (unpaired) electrons. The van der Waals surface area contributed by atoms with Gasteiger partial charge >= 0.3 is 0 Å². The van der Waals surface area contributed by atoms with Crippen molar-refractivity contribution in [2.75, 3.05) is 7.11 Å². The molecule has 2 aliphatic rings. The lowest BCUT2D eigenvalue weighted by Gasteiger charge is -2.50. The van der Waals surface area contributed by atoms with Crippen LogP contribution in [0.25, 0.3) is 0 Å². The lowest BCUT2D eigenvalue weighted by atomic mass is 9.68. The van der Waals surface area contributed by atoms with Crippen LogP contribution in [0.15, 0.2) is 23.4 Å². The maximum absolute atomic E-state index is 12.6. The van der Waals surface area contributed by atoms with Gasteiger partial charge in [-0.15, -0.1) is 0 Å². The van der Waals surface area contributed by atoms with Crippen LogP contribution >= 0.6 is 0 Å². The summed E-state index contributed by atoms with van der Waals surface area (Å²) in [4.78, 5) is 15.6. The number of carbonyl (C=O) groups excluding carboxylic acids is 1. The van der Waals surface area contributed by atoms with Crippen LogP contribution in [0.3, 0.4) is 0 Å². The number of carbonyl (C=O) groups is 1. The Morgan fingerprint density at radius 1 is 1.41 bits per heavy atom. The van der Waals surface area contributed by atoms with Crippen molar-refractivity contribution in [2.45, 2.75) is 48.6 Å². The third-order valence-corrected chi connectivity index (χ3v) is 5.93. The Balaban J connectivity index is 1.82. The molecule has 1 saturated heterocycles. The van der Waals surface area contributed by atoms with E-state index in [1.807, 2.05) is 0 Å². The van der Waals surface area contributed by atoms with E-state index in [9.17, 15) is 13.2 Å². The Morgan fingerprint density at radius 3 is 2.82 bits per heavy atom. The van der Waals surface area contributed by atoms with Crippen LogP contribution in [0.1, 0.15) is 32.1 Å². The van der Waals surface area contributed by atoms with Crippen LogP contribution in [-0.2, 0) is 14.8 Å². The minimum absolute atomic E-state index is 0.00167. The van der Waals surface area contributed by atoms with Crippen molar-refractivity contribution < 1.29 is 17.9 Å². The molecular weight excluding hydrogens is 306 g/mol. The van der Waals surface area contributed by atoms with E-state index < -0.39 is 15.6 Å². The molecule has 2 fully saturated rings. The number of hydrogen-bond acceptors (Lipinski definition) is 5.